The molecule has 0 aliphatic carbocycles. The Balaban J connectivity index is 2.57. The first-order chi connectivity index (χ1) is 13.0. The Bertz CT molecular complexity index is 618. The van der Waals surface area contributed by atoms with E-state index >= 15 is 0 Å². The molecule has 1 aromatic rings. The van der Waals surface area contributed by atoms with E-state index in [1.54, 1.807) is 11.8 Å². The number of carbonyl (C=O) groups excluding carboxylic acids is 3. The lowest BCUT2D eigenvalue weighted by Gasteiger charge is -2.22. The number of esters is 1. The lowest BCUT2D eigenvalue weighted by Crippen LogP contribution is -2.38. The summed E-state index contributed by atoms with van der Waals surface area (Å²) in [7, 11) is 0. The Kier molecular flexibility index (Phi) is 10.6. The van der Waals surface area contributed by atoms with Gasteiger partial charge >= 0.3 is 5.97 Å². The van der Waals surface area contributed by atoms with Crippen molar-refractivity contribution in [2.75, 3.05) is 32.8 Å². The van der Waals surface area contributed by atoms with Gasteiger partial charge in [-0.3, -0.25) is 14.4 Å². The van der Waals surface area contributed by atoms with Crippen LogP contribution in [0.1, 0.15) is 39.2 Å². The summed E-state index contributed by atoms with van der Waals surface area (Å²) in [5, 5.41) is 2.70. The minimum absolute atomic E-state index is 0.101. The first-order valence-electron chi connectivity index (χ1n) is 9.35. The highest BCUT2D eigenvalue weighted by Crippen LogP contribution is 2.14. The van der Waals surface area contributed by atoms with Crippen LogP contribution < -0.4 is 10.1 Å². The first kappa shape index (κ1) is 22.5. The predicted octanol–water partition coefficient (Wildman–Crippen LogP) is 1.94. The molecule has 1 N–H and O–H groups in total. The van der Waals surface area contributed by atoms with Crippen molar-refractivity contribution in [1.29, 1.82) is 0 Å². The van der Waals surface area contributed by atoms with E-state index in [1.807, 2.05) is 24.3 Å². The number of benzene rings is 1. The zero-order valence-electron chi connectivity index (χ0n) is 16.5. The molecule has 1 rings (SSSR count). The van der Waals surface area contributed by atoms with E-state index in [4.69, 9.17) is 9.47 Å². The highest BCUT2D eigenvalue weighted by Gasteiger charge is 2.16. The molecule has 0 spiro atoms. The van der Waals surface area contributed by atoms with Crippen LogP contribution in [0.4, 0.5) is 0 Å². The zero-order valence-corrected chi connectivity index (χ0v) is 16.5. The van der Waals surface area contributed by atoms with Crippen LogP contribution in [0, 0.1) is 0 Å². The Hall–Kier alpha value is -2.57. The van der Waals surface area contributed by atoms with Gasteiger partial charge in [0.1, 0.15) is 5.75 Å². The van der Waals surface area contributed by atoms with E-state index in [9.17, 15) is 14.4 Å². The molecule has 7 heteroatoms. The summed E-state index contributed by atoms with van der Waals surface area (Å²) >= 11 is 0. The summed E-state index contributed by atoms with van der Waals surface area (Å²) in [6.45, 7) is 6.61. The van der Waals surface area contributed by atoms with Gasteiger partial charge in [-0.25, -0.2) is 0 Å². The average molecular weight is 378 g/mol. The summed E-state index contributed by atoms with van der Waals surface area (Å²) in [5.41, 5.74) is 1.13. The van der Waals surface area contributed by atoms with E-state index in [1.165, 1.54) is 6.92 Å². The zero-order chi connectivity index (χ0) is 20.1. The van der Waals surface area contributed by atoms with Crippen LogP contribution in [0.2, 0.25) is 0 Å². The summed E-state index contributed by atoms with van der Waals surface area (Å²) in [4.78, 5) is 36.6. The number of hydrogen-bond acceptors (Lipinski definition) is 5. The number of amides is 2. The van der Waals surface area contributed by atoms with Crippen LogP contribution in [0.3, 0.4) is 0 Å². The van der Waals surface area contributed by atoms with Gasteiger partial charge in [-0.05, 0) is 37.5 Å². The maximum Gasteiger partial charge on any atom is 0.307 e. The molecule has 0 atom stereocenters. The third kappa shape index (κ3) is 9.63. The number of rotatable bonds is 12. The first-order valence-corrected chi connectivity index (χ1v) is 9.35. The average Bonchev–Trinajstić information content (AvgIpc) is 2.65. The number of nitrogens with one attached hydrogen (secondary N) is 1. The molecule has 0 fully saturated rings. The molecule has 0 unspecified atom stereocenters. The van der Waals surface area contributed by atoms with Crippen molar-refractivity contribution < 1.29 is 23.9 Å². The van der Waals surface area contributed by atoms with Crippen molar-refractivity contribution in [1.82, 2.24) is 10.2 Å². The summed E-state index contributed by atoms with van der Waals surface area (Å²) in [5.74, 6) is -0.0115. The fourth-order valence-corrected chi connectivity index (χ4v) is 2.45. The predicted molar refractivity (Wildman–Crippen MR) is 102 cm³/mol. The monoisotopic (exact) mass is 378 g/mol. The van der Waals surface area contributed by atoms with E-state index in [2.05, 4.69) is 12.2 Å². The minimum Gasteiger partial charge on any atom is -0.484 e. The summed E-state index contributed by atoms with van der Waals surface area (Å²) < 4.78 is 10.5. The lowest BCUT2D eigenvalue weighted by atomic mass is 10.2. The molecule has 0 heterocycles. The van der Waals surface area contributed by atoms with Crippen molar-refractivity contribution in [2.24, 2.45) is 0 Å². The van der Waals surface area contributed by atoms with Gasteiger partial charge in [0.05, 0.1) is 13.0 Å². The molecule has 150 valence electrons. The Labute approximate surface area is 161 Å². The van der Waals surface area contributed by atoms with Crippen LogP contribution in [-0.4, -0.2) is 55.5 Å². The topological polar surface area (TPSA) is 84.9 Å². The molecular formula is C20H30N2O5. The molecule has 0 aliphatic rings. The maximum atomic E-state index is 12.5. The third-order valence-corrected chi connectivity index (χ3v) is 3.89. The van der Waals surface area contributed by atoms with Gasteiger partial charge in [0.2, 0.25) is 5.91 Å². The lowest BCUT2D eigenvalue weighted by molar-refractivity contribution is -0.144. The number of nitrogens with zero attached hydrogens (tertiary/aromatic N) is 1. The van der Waals surface area contributed by atoms with Crippen molar-refractivity contribution in [3.05, 3.63) is 29.8 Å². The smallest absolute Gasteiger partial charge is 0.307 e. The van der Waals surface area contributed by atoms with Crippen LogP contribution in [0.15, 0.2) is 24.3 Å². The number of ether oxygens (including phenoxy) is 2. The van der Waals surface area contributed by atoms with Gasteiger partial charge in [0, 0.05) is 26.6 Å². The van der Waals surface area contributed by atoms with E-state index < -0.39 is 0 Å². The molecule has 0 saturated carbocycles. The largest absolute Gasteiger partial charge is 0.484 e. The molecule has 27 heavy (non-hydrogen) atoms. The molecule has 0 aromatic heterocycles. The third-order valence-electron chi connectivity index (χ3n) is 3.89. The quantitative estimate of drug-likeness (QED) is 0.444. The molecule has 0 saturated heterocycles. The van der Waals surface area contributed by atoms with Crippen molar-refractivity contribution in [2.45, 2.75) is 40.0 Å². The van der Waals surface area contributed by atoms with Gasteiger partial charge in [-0.15, -0.1) is 0 Å². The highest BCUT2D eigenvalue weighted by molar-refractivity contribution is 5.78. The van der Waals surface area contributed by atoms with E-state index in [0.717, 1.165) is 12.0 Å². The molecule has 0 radical (unpaired) electrons. The van der Waals surface area contributed by atoms with Gasteiger partial charge in [0.25, 0.3) is 5.91 Å². The Morgan fingerprint density at radius 3 is 2.59 bits per heavy atom. The van der Waals surface area contributed by atoms with Gasteiger partial charge in [-0.1, -0.05) is 19.1 Å². The van der Waals surface area contributed by atoms with Crippen LogP contribution >= 0.6 is 0 Å². The molecule has 0 aliphatic heterocycles. The molecule has 1 aromatic carbocycles. The second kappa shape index (κ2) is 12.7. The maximum absolute atomic E-state index is 12.5. The highest BCUT2D eigenvalue weighted by atomic mass is 16.5. The second-order valence-electron chi connectivity index (χ2n) is 6.06. The van der Waals surface area contributed by atoms with Gasteiger partial charge in [0.15, 0.2) is 6.61 Å². The Morgan fingerprint density at radius 2 is 1.93 bits per heavy atom. The van der Waals surface area contributed by atoms with Crippen LogP contribution in [0.5, 0.6) is 5.75 Å². The van der Waals surface area contributed by atoms with E-state index in [0.29, 0.717) is 31.9 Å². The molecule has 2 amide bonds. The van der Waals surface area contributed by atoms with Gasteiger partial charge in [-0.2, -0.15) is 0 Å². The number of carbonyl (C=O) groups is 3. The Morgan fingerprint density at radius 1 is 1.15 bits per heavy atom. The fourth-order valence-electron chi connectivity index (χ4n) is 2.45. The second-order valence-corrected chi connectivity index (χ2v) is 6.06. The number of hydrogen-bond donors (Lipinski definition) is 1. The summed E-state index contributed by atoms with van der Waals surface area (Å²) in [6, 6.07) is 7.62. The molecule has 0 bridgehead atoms. The van der Waals surface area contributed by atoms with Gasteiger partial charge < -0.3 is 19.7 Å². The van der Waals surface area contributed by atoms with Crippen molar-refractivity contribution in [3.8, 4) is 5.75 Å². The molecular weight excluding hydrogens is 348 g/mol. The standard InChI is InChI=1S/C20H30N2O5/c1-4-17-8-6-9-18(14-17)27-15-19(24)22(12-7-11-21-16(3)23)13-10-20(25)26-5-2/h6,8-9,14H,4-5,7,10-13,15H2,1-3H3,(H,21,23). The van der Waals surface area contributed by atoms with Crippen molar-refractivity contribution >= 4 is 17.8 Å². The normalized spacial score (nSPS) is 10.2. The molecule has 7 nitrogen and oxygen atoms in total. The van der Waals surface area contributed by atoms with Crippen molar-refractivity contribution in [3.63, 3.8) is 0 Å². The van der Waals surface area contributed by atoms with Crippen LogP contribution in [0.25, 0.3) is 0 Å². The summed E-state index contributed by atoms with van der Waals surface area (Å²) in [6.07, 6.45) is 1.62. The minimum atomic E-state index is -0.339. The number of aryl methyl sites for hydroxylation is 1. The fraction of sp³-hybridized carbons (Fsp3) is 0.550. The van der Waals surface area contributed by atoms with Crippen LogP contribution in [-0.2, 0) is 25.5 Å². The van der Waals surface area contributed by atoms with E-state index in [-0.39, 0.29) is 37.4 Å². The SMILES string of the molecule is CCOC(=O)CCN(CCCNC(C)=O)C(=O)COc1cccc(CC)c1.